The summed E-state index contributed by atoms with van der Waals surface area (Å²) in [4.78, 5) is 19.5. The second-order valence-corrected chi connectivity index (χ2v) is 6.00. The molecule has 6 N–H and O–H groups in total. The normalized spacial score (nSPS) is 12.3. The molecule has 9 nitrogen and oxygen atoms in total. The summed E-state index contributed by atoms with van der Waals surface area (Å²) in [7, 11) is 0. The lowest BCUT2D eigenvalue weighted by atomic mass is 10.1. The molecule has 28 heavy (non-hydrogen) atoms. The van der Waals surface area contributed by atoms with E-state index in [1.54, 1.807) is 24.8 Å². The molecule has 2 aromatic heterocycles. The zero-order valence-electron chi connectivity index (χ0n) is 15.0. The summed E-state index contributed by atoms with van der Waals surface area (Å²) in [6.45, 7) is 7.70. The van der Waals surface area contributed by atoms with Gasteiger partial charge in [-0.15, -0.1) is 0 Å². The molecular formula is C19H19N9. The number of nitrogens with zero attached hydrogens (tertiary/aromatic N) is 3. The Morgan fingerprint density at radius 3 is 1.71 bits per heavy atom. The number of hydrogen-bond acceptors (Lipinski definition) is 3. The fraction of sp³-hybridized carbons (Fsp3) is 0. The third kappa shape index (κ3) is 3.78. The summed E-state index contributed by atoms with van der Waals surface area (Å²) in [5, 5.41) is 13.5. The monoisotopic (exact) mass is 373 g/mol. The van der Waals surface area contributed by atoms with Gasteiger partial charge in [0.25, 0.3) is 0 Å². The summed E-state index contributed by atoms with van der Waals surface area (Å²) in [5.74, 6) is 0. The topological polar surface area (TPSA) is 133 Å². The average molecular weight is 373 g/mol. The van der Waals surface area contributed by atoms with Crippen LogP contribution in [0.15, 0.2) is 43.2 Å². The fourth-order valence-electron chi connectivity index (χ4n) is 2.60. The van der Waals surface area contributed by atoms with Gasteiger partial charge in [0.2, 0.25) is 0 Å². The van der Waals surface area contributed by atoms with Crippen molar-refractivity contribution in [3.05, 3.63) is 76.3 Å². The van der Waals surface area contributed by atoms with Gasteiger partial charge in [-0.2, -0.15) is 0 Å². The minimum Gasteiger partial charge on any atom is -0.347 e. The highest BCUT2D eigenvalue weighted by Crippen LogP contribution is 2.26. The third-order valence-electron chi connectivity index (χ3n) is 3.97. The molecule has 9 heteroatoms. The summed E-state index contributed by atoms with van der Waals surface area (Å²) >= 11 is 0. The molecule has 4 rings (SSSR count). The number of rotatable bonds is 2. The van der Waals surface area contributed by atoms with Crippen molar-refractivity contribution in [1.82, 2.24) is 45.3 Å². The van der Waals surface area contributed by atoms with Crippen LogP contribution in [0.2, 0.25) is 0 Å². The van der Waals surface area contributed by atoms with Gasteiger partial charge in [-0.05, 0) is 12.1 Å². The number of fused-ring (bicyclic) bond motifs is 1. The van der Waals surface area contributed by atoms with Crippen LogP contribution in [0.1, 0.15) is 11.4 Å². The molecule has 0 bridgehead atoms. The molecular weight excluding hydrogens is 354 g/mol. The van der Waals surface area contributed by atoms with E-state index >= 15 is 0 Å². The standard InChI is InChI=1S/C19H19N9/c1-12-3-5-21-18(27-25-12)7-16-14-9-20-10-15(14)17(24-11-23-16)8-19-22-6-4-13(2)26-28-19/h3-11,21-22,25-28H,1-2H2/b18-7+,19-8+. The van der Waals surface area contributed by atoms with Crippen LogP contribution in [0.5, 0.6) is 0 Å². The Morgan fingerprint density at radius 1 is 0.714 bits per heavy atom. The number of aromatic amines is 6. The minimum atomic E-state index is 0.718. The number of H-pyrrole nitrogens is 6. The van der Waals surface area contributed by atoms with Crippen LogP contribution >= 0.6 is 0 Å². The molecule has 0 spiro atoms. The van der Waals surface area contributed by atoms with Gasteiger partial charge in [-0.3, -0.25) is 15.2 Å². The molecule has 2 aliphatic rings. The maximum atomic E-state index is 4.47. The Hall–Kier alpha value is -4.27. The highest BCUT2D eigenvalue weighted by atomic mass is 15.1. The lowest BCUT2D eigenvalue weighted by Crippen LogP contribution is -2.12. The lowest BCUT2D eigenvalue weighted by Gasteiger charge is -1.97. The van der Waals surface area contributed by atoms with Crippen molar-refractivity contribution in [2.45, 2.75) is 0 Å². The number of aromatic nitrogens is 9. The van der Waals surface area contributed by atoms with Crippen molar-refractivity contribution >= 4 is 25.3 Å². The molecule has 0 aromatic carbocycles. The van der Waals surface area contributed by atoms with Gasteiger partial charge in [0.1, 0.15) is 17.3 Å². The second kappa shape index (κ2) is 7.54. The van der Waals surface area contributed by atoms with E-state index in [0.717, 1.165) is 44.2 Å². The summed E-state index contributed by atoms with van der Waals surface area (Å²) in [6.07, 6.45) is 12.4. The van der Waals surface area contributed by atoms with Gasteiger partial charge < -0.3 is 20.2 Å². The minimum absolute atomic E-state index is 0.718. The highest BCUT2D eigenvalue weighted by Gasteiger charge is 2.12. The van der Waals surface area contributed by atoms with Crippen LogP contribution in [0, 0.1) is 0 Å². The van der Waals surface area contributed by atoms with Crippen LogP contribution in [0.25, 0.3) is 36.4 Å². The van der Waals surface area contributed by atoms with E-state index in [0.29, 0.717) is 0 Å². The summed E-state index contributed by atoms with van der Waals surface area (Å²) < 4.78 is 0. The second-order valence-electron chi connectivity index (χ2n) is 6.00. The van der Waals surface area contributed by atoms with E-state index < -0.39 is 0 Å². The molecule has 0 saturated heterocycles. The Balaban J connectivity index is 1.87. The van der Waals surface area contributed by atoms with E-state index in [1.807, 2.05) is 24.3 Å². The first-order valence-corrected chi connectivity index (χ1v) is 8.49. The van der Waals surface area contributed by atoms with Gasteiger partial charge in [0.05, 0.1) is 11.4 Å². The molecule has 0 amide bonds. The van der Waals surface area contributed by atoms with Crippen LogP contribution in [-0.4, -0.2) is 45.3 Å². The van der Waals surface area contributed by atoms with Crippen molar-refractivity contribution < 1.29 is 0 Å². The van der Waals surface area contributed by atoms with Crippen LogP contribution in [0.3, 0.4) is 0 Å². The van der Waals surface area contributed by atoms with E-state index in [2.05, 4.69) is 58.5 Å². The smallest absolute Gasteiger partial charge is 0.124 e. The van der Waals surface area contributed by atoms with E-state index in [9.17, 15) is 0 Å². The maximum absolute atomic E-state index is 4.47. The Morgan fingerprint density at radius 2 is 1.21 bits per heavy atom. The average Bonchev–Trinajstić information content (AvgIpc) is 2.86. The van der Waals surface area contributed by atoms with Crippen molar-refractivity contribution in [2.24, 2.45) is 0 Å². The zero-order chi connectivity index (χ0) is 19.3. The summed E-state index contributed by atoms with van der Waals surface area (Å²) in [6, 6.07) is 3.64. The molecule has 0 radical (unpaired) electrons. The number of nitrogens with one attached hydrogen (secondary N) is 6. The van der Waals surface area contributed by atoms with Gasteiger partial charge in [-0.1, -0.05) is 13.2 Å². The Bertz CT molecular complexity index is 1270. The quantitative estimate of drug-likeness (QED) is 0.287. The van der Waals surface area contributed by atoms with Crippen molar-refractivity contribution in [3.8, 4) is 11.1 Å². The van der Waals surface area contributed by atoms with Crippen molar-refractivity contribution in [3.63, 3.8) is 0 Å². The van der Waals surface area contributed by atoms with Crippen molar-refractivity contribution in [2.75, 3.05) is 0 Å². The first-order valence-electron chi connectivity index (χ1n) is 8.49. The van der Waals surface area contributed by atoms with Gasteiger partial charge in [0.15, 0.2) is 0 Å². The molecule has 140 valence electrons. The van der Waals surface area contributed by atoms with E-state index in [1.165, 1.54) is 6.33 Å². The van der Waals surface area contributed by atoms with Crippen molar-refractivity contribution in [1.29, 1.82) is 0 Å². The van der Waals surface area contributed by atoms with E-state index in [-0.39, 0.29) is 0 Å². The Labute approximate surface area is 158 Å². The molecule has 0 atom stereocenters. The fourth-order valence-corrected chi connectivity index (χ4v) is 2.60. The molecule has 2 aliphatic heterocycles. The maximum Gasteiger partial charge on any atom is 0.124 e. The first-order chi connectivity index (χ1) is 13.7. The zero-order valence-corrected chi connectivity index (χ0v) is 15.0. The van der Waals surface area contributed by atoms with Crippen LogP contribution < -0.4 is 21.7 Å². The van der Waals surface area contributed by atoms with E-state index in [4.69, 9.17) is 0 Å². The predicted octanol–water partition coefficient (Wildman–Crippen LogP) is -0.328. The molecule has 4 heterocycles. The lowest BCUT2D eigenvalue weighted by molar-refractivity contribution is 0.954. The Kier molecular flexibility index (Phi) is 4.62. The molecule has 0 saturated carbocycles. The highest BCUT2D eigenvalue weighted by molar-refractivity contribution is 5.78. The SMILES string of the molecule is C=c1cc[nH]/c(=C\c2ncnc(/C=c3\[nH]ccc(=C)[nH][nH]3)c3cncc2-3)[nH][nH]1. The molecule has 0 aliphatic carbocycles. The van der Waals surface area contributed by atoms with Crippen LogP contribution in [0.4, 0.5) is 0 Å². The van der Waals surface area contributed by atoms with Crippen LogP contribution in [-0.2, 0) is 0 Å². The third-order valence-corrected chi connectivity index (χ3v) is 3.97. The van der Waals surface area contributed by atoms with Gasteiger partial charge >= 0.3 is 0 Å². The molecule has 0 unspecified atom stereocenters. The largest absolute Gasteiger partial charge is 0.347 e. The van der Waals surface area contributed by atoms with Gasteiger partial charge in [-0.25, -0.2) is 9.97 Å². The summed E-state index contributed by atoms with van der Waals surface area (Å²) in [5.41, 5.74) is 4.61. The molecule has 0 fully saturated rings. The van der Waals surface area contributed by atoms with Gasteiger partial charge in [0, 0.05) is 58.8 Å². The number of hydrogen-bond donors (Lipinski definition) is 6. The first kappa shape index (κ1) is 17.2. The predicted molar refractivity (Wildman–Crippen MR) is 107 cm³/mol. The molecule has 2 aromatic rings.